The molecule has 1 fully saturated rings. The summed E-state index contributed by atoms with van der Waals surface area (Å²) in [5.41, 5.74) is -0.777. The highest BCUT2D eigenvalue weighted by Crippen LogP contribution is 2.37. The van der Waals surface area contributed by atoms with E-state index in [1.54, 1.807) is 0 Å². The second kappa shape index (κ2) is 6.17. The third-order valence-corrected chi connectivity index (χ3v) is 3.59. The maximum absolute atomic E-state index is 12.9. The Hall–Kier alpha value is -1.70. The molecule has 20 heavy (non-hydrogen) atoms. The number of halogens is 3. The number of benzene rings is 1. The van der Waals surface area contributed by atoms with Crippen LogP contribution in [0.4, 0.5) is 13.2 Å². The van der Waals surface area contributed by atoms with Gasteiger partial charge < -0.3 is 4.74 Å². The van der Waals surface area contributed by atoms with Gasteiger partial charge in [-0.25, -0.2) is 0 Å². The fraction of sp³-hybridized carbons (Fsp3) is 0.533. The number of hydrogen-bond acceptors (Lipinski definition) is 2. The summed E-state index contributed by atoms with van der Waals surface area (Å²) in [5.74, 6) is -0.508. The molecule has 1 aromatic carbocycles. The minimum absolute atomic E-state index is 0.174. The molecule has 2 rings (SSSR count). The second-order valence-electron chi connectivity index (χ2n) is 5.02. The van der Waals surface area contributed by atoms with Gasteiger partial charge in [0.2, 0.25) is 0 Å². The largest absolute Gasteiger partial charge is 0.488 e. The Bertz CT molecular complexity index is 493. The van der Waals surface area contributed by atoms with Gasteiger partial charge in [0, 0.05) is 0 Å². The zero-order chi connectivity index (χ0) is 14.6. The van der Waals surface area contributed by atoms with Gasteiger partial charge in [0.05, 0.1) is 17.6 Å². The summed E-state index contributed by atoms with van der Waals surface area (Å²) in [6, 6.07) is 7.35. The van der Waals surface area contributed by atoms with E-state index in [1.807, 2.05) is 0 Å². The van der Waals surface area contributed by atoms with Crippen molar-refractivity contribution >= 4 is 0 Å². The molecule has 0 spiro atoms. The molecule has 2 nitrogen and oxygen atoms in total. The van der Waals surface area contributed by atoms with Crippen LogP contribution in [0.5, 0.6) is 5.75 Å². The Labute approximate surface area is 116 Å². The number of alkyl halides is 3. The topological polar surface area (TPSA) is 33.0 Å². The van der Waals surface area contributed by atoms with Crippen LogP contribution in [0.1, 0.15) is 37.7 Å². The lowest BCUT2D eigenvalue weighted by molar-refractivity contribution is -0.139. The Morgan fingerprint density at radius 2 is 1.80 bits per heavy atom. The predicted octanol–water partition coefficient (Wildman–Crippen LogP) is 4.56. The summed E-state index contributed by atoms with van der Waals surface area (Å²) in [6.07, 6.45) is -0.760. The van der Waals surface area contributed by atoms with Crippen molar-refractivity contribution in [2.45, 2.75) is 44.4 Å². The van der Waals surface area contributed by atoms with Crippen molar-refractivity contribution in [1.82, 2.24) is 0 Å². The molecule has 0 radical (unpaired) electrons. The van der Waals surface area contributed by atoms with E-state index in [9.17, 15) is 13.2 Å². The normalized spacial score (nSPS) is 23.7. The van der Waals surface area contributed by atoms with Crippen LogP contribution >= 0.6 is 0 Å². The first kappa shape index (κ1) is 14.7. The standard InChI is InChI=1S/C15H16F3NO/c16-15(17,18)12-7-4-5-9-14(12)20-13-8-3-1-2-6-11(13)10-19/h4-5,7,9,11,13H,1-3,6,8H2. The minimum atomic E-state index is -4.44. The van der Waals surface area contributed by atoms with Gasteiger partial charge in [-0.15, -0.1) is 0 Å². The van der Waals surface area contributed by atoms with E-state index < -0.39 is 17.8 Å². The molecular weight excluding hydrogens is 267 g/mol. The van der Waals surface area contributed by atoms with E-state index in [0.717, 1.165) is 25.3 Å². The number of rotatable bonds is 2. The van der Waals surface area contributed by atoms with E-state index in [4.69, 9.17) is 10.00 Å². The summed E-state index contributed by atoms with van der Waals surface area (Å²) in [5, 5.41) is 9.14. The average Bonchev–Trinajstić information content (AvgIpc) is 2.63. The number of nitrogens with zero attached hydrogens (tertiary/aromatic N) is 1. The summed E-state index contributed by atoms with van der Waals surface area (Å²) in [4.78, 5) is 0. The molecule has 0 heterocycles. The molecule has 2 unspecified atom stereocenters. The Morgan fingerprint density at radius 1 is 1.10 bits per heavy atom. The lowest BCUT2D eigenvalue weighted by atomic mass is 9.99. The molecule has 0 aliphatic heterocycles. The molecule has 108 valence electrons. The van der Waals surface area contributed by atoms with Crippen LogP contribution in [-0.4, -0.2) is 6.10 Å². The molecular formula is C15H16F3NO. The van der Waals surface area contributed by atoms with Crippen LogP contribution in [0, 0.1) is 17.2 Å². The van der Waals surface area contributed by atoms with Gasteiger partial charge in [-0.3, -0.25) is 0 Å². The van der Waals surface area contributed by atoms with Crippen molar-refractivity contribution in [3.8, 4) is 11.8 Å². The summed E-state index contributed by atoms with van der Waals surface area (Å²) in [6.45, 7) is 0. The van der Waals surface area contributed by atoms with Gasteiger partial charge in [0.15, 0.2) is 0 Å². The molecule has 0 N–H and O–H groups in total. The molecule has 0 amide bonds. The smallest absolute Gasteiger partial charge is 0.419 e. The SMILES string of the molecule is N#CC1CCCCCC1Oc1ccccc1C(F)(F)F. The van der Waals surface area contributed by atoms with Gasteiger partial charge in [-0.1, -0.05) is 25.0 Å². The molecule has 5 heteroatoms. The number of ether oxygens (including phenoxy) is 1. The van der Waals surface area contributed by atoms with Crippen LogP contribution in [0.3, 0.4) is 0 Å². The first-order chi connectivity index (χ1) is 9.52. The van der Waals surface area contributed by atoms with Gasteiger partial charge in [-0.05, 0) is 31.4 Å². The highest BCUT2D eigenvalue weighted by atomic mass is 19.4. The summed E-state index contributed by atoms with van der Waals surface area (Å²) >= 11 is 0. The van der Waals surface area contributed by atoms with Gasteiger partial charge in [-0.2, -0.15) is 18.4 Å². The Balaban J connectivity index is 2.22. The highest BCUT2D eigenvalue weighted by molar-refractivity contribution is 5.35. The average molecular weight is 283 g/mol. The molecule has 0 bridgehead atoms. The van der Waals surface area contributed by atoms with Crippen molar-refractivity contribution in [1.29, 1.82) is 5.26 Å². The Kier molecular flexibility index (Phi) is 4.53. The first-order valence-electron chi connectivity index (χ1n) is 6.75. The summed E-state index contributed by atoms with van der Waals surface area (Å²) < 4.78 is 44.3. The van der Waals surface area contributed by atoms with E-state index in [2.05, 4.69) is 6.07 Å². The molecule has 0 aromatic heterocycles. The molecule has 1 aliphatic rings. The number of para-hydroxylation sites is 1. The molecule has 2 atom stereocenters. The van der Waals surface area contributed by atoms with E-state index in [0.29, 0.717) is 12.8 Å². The molecule has 0 saturated heterocycles. The van der Waals surface area contributed by atoms with E-state index in [1.165, 1.54) is 18.2 Å². The zero-order valence-electron chi connectivity index (χ0n) is 11.0. The van der Waals surface area contributed by atoms with E-state index >= 15 is 0 Å². The Morgan fingerprint density at radius 3 is 2.50 bits per heavy atom. The van der Waals surface area contributed by atoms with Gasteiger partial charge in [0.1, 0.15) is 11.9 Å². The molecule has 1 aliphatic carbocycles. The fourth-order valence-corrected chi connectivity index (χ4v) is 2.53. The number of hydrogen-bond donors (Lipinski definition) is 0. The van der Waals surface area contributed by atoms with Crippen molar-refractivity contribution in [2.75, 3.05) is 0 Å². The molecule has 1 saturated carbocycles. The minimum Gasteiger partial charge on any atom is -0.488 e. The van der Waals surface area contributed by atoms with Crippen LogP contribution in [0.2, 0.25) is 0 Å². The van der Waals surface area contributed by atoms with Crippen molar-refractivity contribution in [2.24, 2.45) is 5.92 Å². The van der Waals surface area contributed by atoms with Crippen molar-refractivity contribution in [3.05, 3.63) is 29.8 Å². The first-order valence-corrected chi connectivity index (χ1v) is 6.75. The quantitative estimate of drug-likeness (QED) is 0.745. The van der Waals surface area contributed by atoms with Crippen LogP contribution in [0.25, 0.3) is 0 Å². The molecule has 1 aromatic rings. The van der Waals surface area contributed by atoms with Gasteiger partial charge in [0.25, 0.3) is 0 Å². The lowest BCUT2D eigenvalue weighted by Gasteiger charge is -2.23. The van der Waals surface area contributed by atoms with Crippen LogP contribution < -0.4 is 4.74 Å². The maximum atomic E-state index is 12.9. The van der Waals surface area contributed by atoms with Crippen LogP contribution in [-0.2, 0) is 6.18 Å². The fourth-order valence-electron chi connectivity index (χ4n) is 2.53. The van der Waals surface area contributed by atoms with Crippen LogP contribution in [0.15, 0.2) is 24.3 Å². The van der Waals surface area contributed by atoms with Crippen molar-refractivity contribution in [3.63, 3.8) is 0 Å². The van der Waals surface area contributed by atoms with Crippen molar-refractivity contribution < 1.29 is 17.9 Å². The van der Waals surface area contributed by atoms with E-state index in [-0.39, 0.29) is 11.7 Å². The third-order valence-electron chi connectivity index (χ3n) is 3.59. The lowest BCUT2D eigenvalue weighted by Crippen LogP contribution is -2.26. The maximum Gasteiger partial charge on any atom is 0.419 e. The zero-order valence-corrected chi connectivity index (χ0v) is 11.0. The predicted molar refractivity (Wildman–Crippen MR) is 68.0 cm³/mol. The third kappa shape index (κ3) is 3.44. The van der Waals surface area contributed by atoms with Gasteiger partial charge >= 0.3 is 6.18 Å². The monoisotopic (exact) mass is 283 g/mol. The second-order valence-corrected chi connectivity index (χ2v) is 5.02. The highest BCUT2D eigenvalue weighted by Gasteiger charge is 2.35. The number of nitriles is 1. The summed E-state index contributed by atoms with van der Waals surface area (Å²) in [7, 11) is 0.